The van der Waals surface area contributed by atoms with Gasteiger partial charge in [-0.1, -0.05) is 69.2 Å². The Morgan fingerprint density at radius 2 is 1.28 bits per heavy atom. The van der Waals surface area contributed by atoms with Gasteiger partial charge in [-0.15, -0.1) is 11.3 Å². The number of nitrogens with zero attached hydrogens (tertiary/aromatic N) is 2. The van der Waals surface area contributed by atoms with E-state index in [0.29, 0.717) is 12.3 Å². The Labute approximate surface area is 313 Å². The number of likely N-dealkylation sites (tertiary alicyclic amines) is 1. The van der Waals surface area contributed by atoms with Gasteiger partial charge in [-0.25, -0.2) is 19.2 Å². The van der Waals surface area contributed by atoms with E-state index < -0.39 is 23.9 Å². The van der Waals surface area contributed by atoms with E-state index in [1.54, 1.807) is 11.3 Å². The summed E-state index contributed by atoms with van der Waals surface area (Å²) in [5, 5.41) is 30.6. The molecule has 4 N–H and O–H groups in total. The zero-order chi connectivity index (χ0) is 38.8. The minimum atomic E-state index is -1.82. The van der Waals surface area contributed by atoms with Crippen LogP contribution in [0.5, 0.6) is 5.75 Å². The predicted octanol–water partition coefficient (Wildman–Crippen LogP) is 6.99. The van der Waals surface area contributed by atoms with Crippen LogP contribution in [0.1, 0.15) is 73.9 Å². The molecule has 284 valence electrons. The number of carboxylic acid groups (broad SMARTS) is 4. The summed E-state index contributed by atoms with van der Waals surface area (Å²) in [7, 11) is 0. The van der Waals surface area contributed by atoms with E-state index in [9.17, 15) is 4.79 Å². The van der Waals surface area contributed by atoms with Crippen molar-refractivity contribution in [2.75, 3.05) is 39.5 Å². The summed E-state index contributed by atoms with van der Waals surface area (Å²) in [4.78, 5) is 56.4. The predicted molar refractivity (Wildman–Crippen MR) is 204 cm³/mol. The van der Waals surface area contributed by atoms with Gasteiger partial charge in [0, 0.05) is 45.7 Å². The van der Waals surface area contributed by atoms with Crippen LogP contribution in [0.2, 0.25) is 0 Å². The van der Waals surface area contributed by atoms with Crippen molar-refractivity contribution in [2.45, 2.75) is 58.8 Å². The fraction of sp³-hybridized carbons (Fsp3) is 0.375. The highest BCUT2D eigenvalue weighted by Gasteiger charge is 2.22. The van der Waals surface area contributed by atoms with Gasteiger partial charge < -0.3 is 30.1 Å². The molecule has 0 unspecified atom stereocenters. The molecule has 0 spiro atoms. The van der Waals surface area contributed by atoms with E-state index in [2.05, 4.69) is 66.1 Å². The largest absolute Gasteiger partial charge is 0.478 e. The number of hydrogen-bond donors (Lipinski definition) is 4. The van der Waals surface area contributed by atoms with Crippen LogP contribution in [0.15, 0.2) is 72.8 Å². The topological polar surface area (TPSA) is 182 Å². The molecular weight excluding hydrogens is 701 g/mol. The summed E-state index contributed by atoms with van der Waals surface area (Å²) in [5.74, 6) is -6.43. The molecule has 3 aromatic carbocycles. The summed E-state index contributed by atoms with van der Waals surface area (Å²) >= 11 is 1.71. The van der Waals surface area contributed by atoms with Gasteiger partial charge in [0.1, 0.15) is 12.5 Å². The molecule has 2 heterocycles. The lowest BCUT2D eigenvalue weighted by molar-refractivity contribution is -0.159. The van der Waals surface area contributed by atoms with Crippen molar-refractivity contribution in [3.05, 3.63) is 89.5 Å². The summed E-state index contributed by atoms with van der Waals surface area (Å²) in [6.45, 7) is 10.7. The number of unbranched alkanes of at least 4 members (excludes halogenated alkanes) is 2. The van der Waals surface area contributed by atoms with Gasteiger partial charge in [-0.3, -0.25) is 9.69 Å². The number of ether oxygens (including phenoxy) is 1. The van der Waals surface area contributed by atoms with Gasteiger partial charge in [0.2, 0.25) is 0 Å². The molecule has 1 saturated heterocycles. The van der Waals surface area contributed by atoms with Gasteiger partial charge in [0.15, 0.2) is 5.78 Å². The molecule has 1 aromatic heterocycles. The van der Waals surface area contributed by atoms with Crippen LogP contribution in [-0.4, -0.2) is 99.3 Å². The van der Waals surface area contributed by atoms with Crippen molar-refractivity contribution in [3.8, 4) is 16.2 Å². The number of carbonyl (C=O) groups excluding carboxylic acids is 1. The molecule has 1 aliphatic rings. The normalized spacial score (nSPS) is 12.4. The van der Waals surface area contributed by atoms with E-state index >= 15 is 0 Å². The van der Waals surface area contributed by atoms with E-state index in [1.165, 1.54) is 57.2 Å². The Bertz CT molecular complexity index is 1740. The molecular formula is C40H48N2O10S. The number of fused-ring (bicyclic) bond motifs is 1. The number of rotatable bonds is 15. The minimum Gasteiger partial charge on any atom is -0.478 e. The number of hydrogen-bond acceptors (Lipinski definition) is 9. The van der Waals surface area contributed by atoms with Gasteiger partial charge in [-0.05, 0) is 86.7 Å². The molecule has 53 heavy (non-hydrogen) atoms. The first-order valence-corrected chi connectivity index (χ1v) is 18.5. The number of carbonyl (C=O) groups is 5. The number of thiophene rings is 1. The first-order valence-electron chi connectivity index (χ1n) is 17.7. The standard InChI is InChI=1S/C36H44N2O2S.2C2H2O4/c1-3-5-22-38(23-6-4-2)27-40-31-19-17-29(18-20-31)35(39)34-32-11-7-8-12-33(32)41-36(34)30-15-13-28(14-16-30)21-26-37-24-9-10-25-37;2*3-1(4)2(5)6/h7-8,11-20H,3-6,9-10,21-27H2,1-2H3;2*(H,3,4)(H,5,6). The van der Waals surface area contributed by atoms with Crippen molar-refractivity contribution in [1.82, 2.24) is 9.80 Å². The molecule has 1 aliphatic heterocycles. The molecule has 0 bridgehead atoms. The fourth-order valence-electron chi connectivity index (χ4n) is 5.61. The fourth-order valence-corrected chi connectivity index (χ4v) is 6.81. The Kier molecular flexibility index (Phi) is 17.6. The number of carboxylic acids is 4. The second-order valence-corrected chi connectivity index (χ2v) is 13.5. The second kappa shape index (κ2) is 22.1. The average molecular weight is 749 g/mol. The molecule has 0 aliphatic carbocycles. The maximum absolute atomic E-state index is 14.0. The van der Waals surface area contributed by atoms with Crippen molar-refractivity contribution in [1.29, 1.82) is 0 Å². The zero-order valence-electron chi connectivity index (χ0n) is 30.2. The highest BCUT2D eigenvalue weighted by Crippen LogP contribution is 2.40. The Morgan fingerprint density at radius 3 is 1.81 bits per heavy atom. The maximum Gasteiger partial charge on any atom is 0.414 e. The molecule has 4 aromatic rings. The van der Waals surface area contributed by atoms with Crippen LogP contribution >= 0.6 is 11.3 Å². The minimum absolute atomic E-state index is 0.0645. The van der Waals surface area contributed by atoms with Gasteiger partial charge >= 0.3 is 23.9 Å². The van der Waals surface area contributed by atoms with Gasteiger partial charge in [0.05, 0.1) is 0 Å². The molecule has 13 heteroatoms. The van der Waals surface area contributed by atoms with Gasteiger partial charge in [-0.2, -0.15) is 0 Å². The van der Waals surface area contributed by atoms with Crippen LogP contribution in [0.3, 0.4) is 0 Å². The molecule has 5 rings (SSSR count). The van der Waals surface area contributed by atoms with Crippen LogP contribution in [0.4, 0.5) is 0 Å². The maximum atomic E-state index is 14.0. The van der Waals surface area contributed by atoms with Crippen LogP contribution in [-0.2, 0) is 25.6 Å². The third-order valence-corrected chi connectivity index (χ3v) is 9.73. The summed E-state index contributed by atoms with van der Waals surface area (Å²) in [6.07, 6.45) is 8.45. The van der Waals surface area contributed by atoms with Crippen molar-refractivity contribution >= 4 is 51.1 Å². The quantitative estimate of drug-likeness (QED) is 0.0557. The second-order valence-electron chi connectivity index (χ2n) is 12.5. The Morgan fingerprint density at radius 1 is 0.736 bits per heavy atom. The smallest absolute Gasteiger partial charge is 0.414 e. The van der Waals surface area contributed by atoms with Crippen molar-refractivity contribution in [2.24, 2.45) is 0 Å². The lowest BCUT2D eigenvalue weighted by atomic mass is 9.97. The summed E-state index contributed by atoms with van der Waals surface area (Å²) in [5.41, 5.74) is 3.96. The summed E-state index contributed by atoms with van der Waals surface area (Å²) < 4.78 is 7.27. The van der Waals surface area contributed by atoms with E-state index in [0.717, 1.165) is 57.9 Å². The lowest BCUT2D eigenvalue weighted by Crippen LogP contribution is -2.30. The highest BCUT2D eigenvalue weighted by atomic mass is 32.1. The van der Waals surface area contributed by atoms with Crippen molar-refractivity contribution < 1.29 is 49.1 Å². The average Bonchev–Trinajstić information content (AvgIpc) is 3.83. The van der Waals surface area contributed by atoms with Gasteiger partial charge in [0.25, 0.3) is 0 Å². The Hall–Kier alpha value is -5.11. The SMILES string of the molecule is CCCCN(CCCC)COc1ccc(C(=O)c2c(-c3ccc(CCN4CCCC4)cc3)sc3ccccc23)cc1.O=C(O)C(=O)O.O=C(O)C(=O)O. The third-order valence-electron chi connectivity index (χ3n) is 8.51. The number of benzene rings is 3. The number of aliphatic carboxylic acids is 4. The monoisotopic (exact) mass is 748 g/mol. The van der Waals surface area contributed by atoms with Crippen LogP contribution in [0.25, 0.3) is 20.5 Å². The third kappa shape index (κ3) is 13.8. The molecule has 0 saturated carbocycles. The summed E-state index contributed by atoms with van der Waals surface area (Å²) in [6, 6.07) is 24.8. The lowest BCUT2D eigenvalue weighted by Gasteiger charge is -2.22. The molecule has 0 amide bonds. The van der Waals surface area contributed by atoms with Crippen LogP contribution < -0.4 is 4.74 Å². The van der Waals surface area contributed by atoms with E-state index in [-0.39, 0.29) is 5.78 Å². The first kappa shape index (κ1) is 42.3. The number of ketones is 1. The molecule has 0 atom stereocenters. The van der Waals surface area contributed by atoms with E-state index in [4.69, 9.17) is 44.3 Å². The molecule has 0 radical (unpaired) electrons. The van der Waals surface area contributed by atoms with Crippen molar-refractivity contribution in [3.63, 3.8) is 0 Å². The van der Waals surface area contributed by atoms with Crippen LogP contribution in [0, 0.1) is 0 Å². The first-order chi connectivity index (χ1) is 25.4. The molecule has 12 nitrogen and oxygen atoms in total. The zero-order valence-corrected chi connectivity index (χ0v) is 31.0. The molecule has 1 fully saturated rings. The van der Waals surface area contributed by atoms with E-state index in [1.807, 2.05) is 30.3 Å². The Balaban J connectivity index is 0.000000545. The highest BCUT2D eigenvalue weighted by molar-refractivity contribution is 7.22.